The van der Waals surface area contributed by atoms with Crippen LogP contribution in [0.1, 0.15) is 20.9 Å². The number of hydrogen-bond acceptors (Lipinski definition) is 4. The van der Waals surface area contributed by atoms with Gasteiger partial charge in [-0.2, -0.15) is 4.98 Å². The normalized spacial score (nSPS) is 11.1. The number of aryl methyl sites for hydroxylation is 3. The van der Waals surface area contributed by atoms with E-state index in [-0.39, 0.29) is 0 Å². The van der Waals surface area contributed by atoms with E-state index in [2.05, 4.69) is 42.2 Å². The van der Waals surface area contributed by atoms with Crippen molar-refractivity contribution in [1.29, 1.82) is 0 Å². The van der Waals surface area contributed by atoms with Gasteiger partial charge in [-0.3, -0.25) is 0 Å². The van der Waals surface area contributed by atoms with Gasteiger partial charge in [0.1, 0.15) is 0 Å². The first-order valence-electron chi connectivity index (χ1n) is 6.24. The molecular weight excluding hydrogens is 256 g/mol. The summed E-state index contributed by atoms with van der Waals surface area (Å²) in [4.78, 5) is 7.14. The van der Waals surface area contributed by atoms with E-state index in [1.54, 1.807) is 4.52 Å². The van der Waals surface area contributed by atoms with E-state index in [0.29, 0.717) is 5.95 Å². The second kappa shape index (κ2) is 4.66. The molecule has 0 aliphatic carbocycles. The van der Waals surface area contributed by atoms with Crippen LogP contribution in [-0.2, 0) is 6.54 Å². The molecule has 1 N–H and O–H groups in total. The summed E-state index contributed by atoms with van der Waals surface area (Å²) in [6, 6.07) is 6.27. The maximum Gasteiger partial charge on any atom is 0.243 e. The van der Waals surface area contributed by atoms with Gasteiger partial charge in [-0.05, 0) is 50.1 Å². The van der Waals surface area contributed by atoms with E-state index in [9.17, 15) is 0 Å². The van der Waals surface area contributed by atoms with Gasteiger partial charge < -0.3 is 5.32 Å². The van der Waals surface area contributed by atoms with Crippen molar-refractivity contribution >= 4 is 22.9 Å². The highest BCUT2D eigenvalue weighted by atomic mass is 32.1. The Morgan fingerprint density at radius 3 is 2.84 bits per heavy atom. The van der Waals surface area contributed by atoms with Crippen molar-refractivity contribution in [1.82, 2.24) is 14.6 Å². The van der Waals surface area contributed by atoms with E-state index in [4.69, 9.17) is 0 Å². The monoisotopic (exact) mass is 272 g/mol. The van der Waals surface area contributed by atoms with Gasteiger partial charge in [0.25, 0.3) is 0 Å². The Labute approximate surface area is 116 Å². The highest BCUT2D eigenvalue weighted by Gasteiger charge is 2.05. The zero-order valence-corrected chi connectivity index (χ0v) is 12.1. The van der Waals surface area contributed by atoms with Gasteiger partial charge in [-0.25, -0.2) is 4.52 Å². The molecule has 0 atom stereocenters. The summed E-state index contributed by atoms with van der Waals surface area (Å²) in [5.74, 6) is 0.675. The van der Waals surface area contributed by atoms with Crippen LogP contribution in [-0.4, -0.2) is 14.6 Å². The molecule has 0 aliphatic rings. The minimum Gasteiger partial charge on any atom is -0.348 e. The number of hydrogen-bond donors (Lipinski definition) is 1. The Hall–Kier alpha value is -1.88. The third-order valence-corrected chi connectivity index (χ3v) is 4.28. The molecule has 0 radical (unpaired) electrons. The van der Waals surface area contributed by atoms with E-state index < -0.39 is 0 Å². The Kier molecular flexibility index (Phi) is 2.98. The van der Waals surface area contributed by atoms with Gasteiger partial charge in [0, 0.05) is 16.0 Å². The predicted octanol–water partition coefficient (Wildman–Crippen LogP) is 3.33. The van der Waals surface area contributed by atoms with Gasteiger partial charge in [0.2, 0.25) is 5.95 Å². The summed E-state index contributed by atoms with van der Waals surface area (Å²) in [6.45, 7) is 7.12. The van der Waals surface area contributed by atoms with Crippen molar-refractivity contribution in [2.24, 2.45) is 0 Å². The summed E-state index contributed by atoms with van der Waals surface area (Å²) in [5.41, 5.74) is 3.41. The summed E-state index contributed by atoms with van der Waals surface area (Å²) in [6.07, 6.45) is 1.93. The Morgan fingerprint density at radius 2 is 2.11 bits per heavy atom. The molecule has 0 saturated heterocycles. The average molecular weight is 272 g/mol. The maximum atomic E-state index is 4.46. The van der Waals surface area contributed by atoms with Crippen LogP contribution in [0.5, 0.6) is 0 Å². The van der Waals surface area contributed by atoms with Crippen LogP contribution in [0.2, 0.25) is 0 Å². The first kappa shape index (κ1) is 12.2. The number of anilines is 1. The molecule has 4 nitrogen and oxygen atoms in total. The highest BCUT2D eigenvalue weighted by molar-refractivity contribution is 7.12. The average Bonchev–Trinajstić information content (AvgIpc) is 2.90. The molecule has 0 fully saturated rings. The van der Waals surface area contributed by atoms with Crippen LogP contribution in [0.15, 0.2) is 24.4 Å². The number of aromatic nitrogens is 3. The van der Waals surface area contributed by atoms with Gasteiger partial charge >= 0.3 is 0 Å². The molecule has 0 unspecified atom stereocenters. The molecule has 0 bridgehead atoms. The molecule has 0 spiro atoms. The molecule has 3 aromatic rings. The third kappa shape index (κ3) is 2.46. The van der Waals surface area contributed by atoms with Crippen molar-refractivity contribution in [2.45, 2.75) is 27.3 Å². The lowest BCUT2D eigenvalue weighted by Gasteiger charge is -1.97. The number of rotatable bonds is 3. The Morgan fingerprint density at radius 1 is 1.26 bits per heavy atom. The molecule has 0 amide bonds. The third-order valence-electron chi connectivity index (χ3n) is 3.13. The zero-order valence-electron chi connectivity index (χ0n) is 11.3. The molecule has 0 aliphatic heterocycles. The summed E-state index contributed by atoms with van der Waals surface area (Å²) in [5, 5.41) is 7.67. The molecular formula is C14H16N4S. The van der Waals surface area contributed by atoms with Crippen LogP contribution in [0.3, 0.4) is 0 Å². The van der Waals surface area contributed by atoms with Crippen LogP contribution in [0.4, 0.5) is 5.95 Å². The number of nitrogens with one attached hydrogen (secondary N) is 1. The molecule has 3 aromatic heterocycles. The minimum atomic E-state index is 0.675. The van der Waals surface area contributed by atoms with Crippen molar-refractivity contribution in [3.8, 4) is 0 Å². The second-order valence-electron chi connectivity index (χ2n) is 4.75. The van der Waals surface area contributed by atoms with Gasteiger partial charge in [0.05, 0.1) is 6.54 Å². The Balaban J connectivity index is 1.78. The number of nitrogens with zero attached hydrogens (tertiary/aromatic N) is 3. The molecule has 98 valence electrons. The lowest BCUT2D eigenvalue weighted by Crippen LogP contribution is -1.99. The maximum absolute atomic E-state index is 4.46. The fourth-order valence-electron chi connectivity index (χ4n) is 1.96. The van der Waals surface area contributed by atoms with Crippen molar-refractivity contribution in [3.05, 3.63) is 45.3 Å². The van der Waals surface area contributed by atoms with E-state index in [0.717, 1.165) is 12.2 Å². The van der Waals surface area contributed by atoms with Gasteiger partial charge in [-0.15, -0.1) is 16.4 Å². The summed E-state index contributed by atoms with van der Waals surface area (Å²) >= 11 is 1.82. The SMILES string of the molecule is Cc1ccn2nc(NCc3cc(C)c(C)s3)nc2c1. The van der Waals surface area contributed by atoms with E-state index >= 15 is 0 Å². The topological polar surface area (TPSA) is 42.2 Å². The predicted molar refractivity (Wildman–Crippen MR) is 78.8 cm³/mol. The van der Waals surface area contributed by atoms with Crippen molar-refractivity contribution in [2.75, 3.05) is 5.32 Å². The Bertz CT molecular complexity index is 707. The molecule has 19 heavy (non-hydrogen) atoms. The molecule has 3 rings (SSSR count). The van der Waals surface area contributed by atoms with Crippen LogP contribution in [0, 0.1) is 20.8 Å². The quantitative estimate of drug-likeness (QED) is 0.795. The van der Waals surface area contributed by atoms with Crippen LogP contribution in [0.25, 0.3) is 5.65 Å². The molecule has 3 heterocycles. The molecule has 0 aromatic carbocycles. The minimum absolute atomic E-state index is 0.675. The summed E-state index contributed by atoms with van der Waals surface area (Å²) < 4.78 is 1.79. The van der Waals surface area contributed by atoms with Crippen molar-refractivity contribution in [3.63, 3.8) is 0 Å². The fraction of sp³-hybridized carbons (Fsp3) is 0.286. The number of pyridine rings is 1. The van der Waals surface area contributed by atoms with Gasteiger partial charge in [0.15, 0.2) is 5.65 Å². The van der Waals surface area contributed by atoms with Gasteiger partial charge in [-0.1, -0.05) is 0 Å². The second-order valence-corrected chi connectivity index (χ2v) is 6.09. The fourth-order valence-corrected chi connectivity index (χ4v) is 2.95. The number of fused-ring (bicyclic) bond motifs is 1. The summed E-state index contributed by atoms with van der Waals surface area (Å²) in [7, 11) is 0. The van der Waals surface area contributed by atoms with Crippen LogP contribution >= 0.6 is 11.3 Å². The molecule has 5 heteroatoms. The van der Waals surface area contributed by atoms with E-state index in [1.165, 1.54) is 20.9 Å². The lowest BCUT2D eigenvalue weighted by atomic mass is 10.3. The van der Waals surface area contributed by atoms with Crippen LogP contribution < -0.4 is 5.32 Å². The highest BCUT2D eigenvalue weighted by Crippen LogP contribution is 2.21. The smallest absolute Gasteiger partial charge is 0.243 e. The van der Waals surface area contributed by atoms with E-state index in [1.807, 2.05) is 29.7 Å². The zero-order chi connectivity index (χ0) is 13.4. The first-order valence-corrected chi connectivity index (χ1v) is 7.06. The standard InChI is InChI=1S/C14H16N4S/c1-9-4-5-18-13(6-9)16-14(17-18)15-8-12-7-10(2)11(3)19-12/h4-7H,8H2,1-3H3,(H,15,17). The van der Waals surface area contributed by atoms with Crippen molar-refractivity contribution < 1.29 is 0 Å². The largest absolute Gasteiger partial charge is 0.348 e. The lowest BCUT2D eigenvalue weighted by molar-refractivity contribution is 0.949. The first-order chi connectivity index (χ1) is 9.11. The number of thiophene rings is 1. The molecule has 0 saturated carbocycles.